The first-order valence-electron chi connectivity index (χ1n) is 12.4. The predicted molar refractivity (Wildman–Crippen MR) is 150 cm³/mol. The van der Waals surface area contributed by atoms with E-state index in [9.17, 15) is 9.59 Å². The number of hydrogen-bond donors (Lipinski definition) is 3. The lowest BCUT2D eigenvalue weighted by Gasteiger charge is -2.21. The summed E-state index contributed by atoms with van der Waals surface area (Å²) in [5, 5.41) is 12.7. The van der Waals surface area contributed by atoms with E-state index in [1.54, 1.807) is 53.3 Å². The highest BCUT2D eigenvalue weighted by atomic mass is 35.5. The largest absolute Gasteiger partial charge is 0.491 e. The fourth-order valence-electron chi connectivity index (χ4n) is 4.33. The molecule has 2 aromatic carbocycles. The Balaban J connectivity index is 1.46. The van der Waals surface area contributed by atoms with Crippen LogP contribution in [0.5, 0.6) is 5.75 Å². The summed E-state index contributed by atoms with van der Waals surface area (Å²) in [5.41, 5.74) is 2.32. The molecule has 2 aromatic heterocycles. The summed E-state index contributed by atoms with van der Waals surface area (Å²) in [4.78, 5) is 35.2. The molecule has 4 aromatic rings. The molecule has 0 spiro atoms. The molecule has 2 amide bonds. The molecule has 5 rings (SSSR count). The molecule has 0 saturated carbocycles. The third-order valence-corrected chi connectivity index (χ3v) is 6.53. The molecule has 1 aliphatic rings. The number of fused-ring (bicyclic) bond motifs is 1. The molecule has 0 aliphatic carbocycles. The van der Waals surface area contributed by atoms with Gasteiger partial charge in [-0.1, -0.05) is 11.6 Å². The van der Waals surface area contributed by atoms with Crippen molar-refractivity contribution in [3.05, 3.63) is 65.3 Å². The summed E-state index contributed by atoms with van der Waals surface area (Å²) in [7, 11) is 3.20. The summed E-state index contributed by atoms with van der Waals surface area (Å²) < 4.78 is 22.8. The van der Waals surface area contributed by atoms with Gasteiger partial charge in [0.1, 0.15) is 16.6 Å². The van der Waals surface area contributed by atoms with Crippen molar-refractivity contribution in [3.8, 4) is 16.9 Å². The molecule has 1 aliphatic heterocycles. The standard InChI is InChI=1S/C27H26ClFN8O3/c1-15(38)37-7-4-8-40-23-6-5-18(11-22(23)37)33-27-31-13-20(28)25(35-27)34-24-19(26(39)30-2)9-16(10-21(24)29)17-12-32-36(3)14-17/h5-6,9-14H,4,7-8H2,1-3H3,(H,30,39)(H2,31,33,34,35). The highest BCUT2D eigenvalue weighted by Crippen LogP contribution is 2.36. The molecule has 0 fully saturated rings. The van der Waals surface area contributed by atoms with E-state index < -0.39 is 11.7 Å². The summed E-state index contributed by atoms with van der Waals surface area (Å²) >= 11 is 6.35. The normalized spacial score (nSPS) is 12.7. The second-order valence-electron chi connectivity index (χ2n) is 9.06. The average molecular weight is 565 g/mol. The summed E-state index contributed by atoms with van der Waals surface area (Å²) in [6.45, 7) is 2.55. The van der Waals surface area contributed by atoms with Crippen LogP contribution in [-0.4, -0.2) is 51.8 Å². The first-order chi connectivity index (χ1) is 19.2. The second kappa shape index (κ2) is 11.2. The van der Waals surface area contributed by atoms with Crippen molar-refractivity contribution in [1.82, 2.24) is 25.1 Å². The van der Waals surface area contributed by atoms with Gasteiger partial charge in [0.2, 0.25) is 11.9 Å². The lowest BCUT2D eigenvalue weighted by molar-refractivity contribution is -0.116. The van der Waals surface area contributed by atoms with Gasteiger partial charge in [-0.05, 0) is 42.3 Å². The molecule has 0 radical (unpaired) electrons. The zero-order valence-corrected chi connectivity index (χ0v) is 22.7. The highest BCUT2D eigenvalue weighted by molar-refractivity contribution is 6.33. The fourth-order valence-corrected chi connectivity index (χ4v) is 4.47. The molecule has 3 N–H and O–H groups in total. The maximum atomic E-state index is 15.4. The lowest BCUT2D eigenvalue weighted by atomic mass is 10.0. The van der Waals surface area contributed by atoms with Crippen LogP contribution in [0.3, 0.4) is 0 Å². The van der Waals surface area contributed by atoms with E-state index in [2.05, 4.69) is 31.0 Å². The van der Waals surface area contributed by atoms with E-state index in [4.69, 9.17) is 16.3 Å². The van der Waals surface area contributed by atoms with Gasteiger partial charge < -0.3 is 25.6 Å². The van der Waals surface area contributed by atoms with E-state index >= 15 is 4.39 Å². The van der Waals surface area contributed by atoms with E-state index in [-0.39, 0.29) is 33.9 Å². The van der Waals surface area contributed by atoms with Gasteiger partial charge in [-0.2, -0.15) is 10.1 Å². The monoisotopic (exact) mass is 564 g/mol. The summed E-state index contributed by atoms with van der Waals surface area (Å²) in [5.74, 6) is -0.436. The maximum Gasteiger partial charge on any atom is 0.253 e. The van der Waals surface area contributed by atoms with Crippen LogP contribution in [0.4, 0.5) is 33.2 Å². The van der Waals surface area contributed by atoms with E-state index in [0.717, 1.165) is 0 Å². The SMILES string of the molecule is CNC(=O)c1cc(-c2cnn(C)c2)cc(F)c1Nc1nc(Nc2ccc3c(c2)N(C(C)=O)CCCO3)ncc1Cl. The summed E-state index contributed by atoms with van der Waals surface area (Å²) in [6, 6.07) is 8.18. The number of aryl methyl sites for hydroxylation is 1. The third-order valence-electron chi connectivity index (χ3n) is 6.26. The number of carbonyl (C=O) groups excluding carboxylic acids is 2. The van der Waals surface area contributed by atoms with Gasteiger partial charge in [0.05, 0.1) is 35.9 Å². The molecule has 13 heteroatoms. The molecule has 0 unspecified atom stereocenters. The van der Waals surface area contributed by atoms with E-state index in [1.807, 2.05) is 0 Å². The fraction of sp³-hybridized carbons (Fsp3) is 0.222. The number of halogens is 2. The Labute approximate surface area is 234 Å². The third kappa shape index (κ3) is 5.52. The van der Waals surface area contributed by atoms with Gasteiger partial charge >= 0.3 is 0 Å². The Morgan fingerprint density at radius 2 is 1.95 bits per heavy atom. The Bertz CT molecular complexity index is 1610. The quantitative estimate of drug-likeness (QED) is 0.309. The van der Waals surface area contributed by atoms with Crippen molar-refractivity contribution >= 4 is 52.2 Å². The molecular weight excluding hydrogens is 539 g/mol. The Morgan fingerprint density at radius 1 is 1.12 bits per heavy atom. The number of amides is 2. The average Bonchev–Trinajstić information content (AvgIpc) is 3.25. The molecule has 11 nitrogen and oxygen atoms in total. The number of benzene rings is 2. The smallest absolute Gasteiger partial charge is 0.253 e. The second-order valence-corrected chi connectivity index (χ2v) is 9.46. The van der Waals surface area contributed by atoms with Crippen LogP contribution >= 0.6 is 11.6 Å². The van der Waals surface area contributed by atoms with Gasteiger partial charge in [0.25, 0.3) is 5.91 Å². The first kappa shape index (κ1) is 26.9. The Morgan fingerprint density at radius 3 is 2.67 bits per heavy atom. The molecule has 0 saturated heterocycles. The van der Waals surface area contributed by atoms with Gasteiger partial charge in [-0.3, -0.25) is 14.3 Å². The van der Waals surface area contributed by atoms with Crippen molar-refractivity contribution < 1.29 is 18.7 Å². The number of nitrogens with zero attached hydrogens (tertiary/aromatic N) is 5. The minimum absolute atomic E-state index is 0.0561. The molecule has 0 bridgehead atoms. The molecular formula is C27H26ClFN8O3. The minimum Gasteiger partial charge on any atom is -0.491 e. The zero-order chi connectivity index (χ0) is 28.4. The Kier molecular flexibility index (Phi) is 7.52. The first-order valence-corrected chi connectivity index (χ1v) is 12.8. The Hall–Kier alpha value is -4.71. The molecule has 206 valence electrons. The number of hydrogen-bond acceptors (Lipinski definition) is 8. The molecule has 40 heavy (non-hydrogen) atoms. The van der Waals surface area contributed by atoms with E-state index in [0.29, 0.717) is 47.8 Å². The predicted octanol–water partition coefficient (Wildman–Crippen LogP) is 4.65. The van der Waals surface area contributed by atoms with Crippen molar-refractivity contribution in [1.29, 1.82) is 0 Å². The van der Waals surface area contributed by atoms with E-state index in [1.165, 1.54) is 26.2 Å². The van der Waals surface area contributed by atoms with Crippen molar-refractivity contribution in [2.24, 2.45) is 7.05 Å². The van der Waals surface area contributed by atoms with Crippen LogP contribution in [0, 0.1) is 5.82 Å². The number of anilines is 5. The minimum atomic E-state index is -0.681. The number of nitrogens with one attached hydrogen (secondary N) is 3. The highest BCUT2D eigenvalue weighted by Gasteiger charge is 2.22. The van der Waals surface area contributed by atoms with Crippen molar-refractivity contribution in [3.63, 3.8) is 0 Å². The van der Waals surface area contributed by atoms with Crippen LogP contribution in [0.2, 0.25) is 5.02 Å². The van der Waals surface area contributed by atoms with Crippen LogP contribution in [0.1, 0.15) is 23.7 Å². The number of carbonyl (C=O) groups is 2. The summed E-state index contributed by atoms with van der Waals surface area (Å²) in [6.07, 6.45) is 5.37. The van der Waals surface area contributed by atoms with Crippen LogP contribution in [-0.2, 0) is 11.8 Å². The van der Waals surface area contributed by atoms with Crippen LogP contribution in [0.25, 0.3) is 11.1 Å². The molecule has 3 heterocycles. The zero-order valence-electron chi connectivity index (χ0n) is 22.0. The topological polar surface area (TPSA) is 126 Å². The number of rotatable bonds is 6. The number of aromatic nitrogens is 4. The van der Waals surface area contributed by atoms with Gasteiger partial charge in [0.15, 0.2) is 5.82 Å². The van der Waals surface area contributed by atoms with Gasteiger partial charge in [-0.25, -0.2) is 9.37 Å². The molecule has 0 atom stereocenters. The van der Waals surface area contributed by atoms with Gasteiger partial charge in [0, 0.05) is 45.0 Å². The van der Waals surface area contributed by atoms with Crippen LogP contribution < -0.4 is 25.6 Å². The van der Waals surface area contributed by atoms with Crippen molar-refractivity contribution in [2.75, 3.05) is 35.7 Å². The van der Waals surface area contributed by atoms with Crippen LogP contribution in [0.15, 0.2) is 48.9 Å². The maximum absolute atomic E-state index is 15.4. The van der Waals surface area contributed by atoms with Gasteiger partial charge in [-0.15, -0.1) is 0 Å². The number of ether oxygens (including phenoxy) is 1. The lowest BCUT2D eigenvalue weighted by Crippen LogP contribution is -2.28. The van der Waals surface area contributed by atoms with Crippen molar-refractivity contribution in [2.45, 2.75) is 13.3 Å².